The summed E-state index contributed by atoms with van der Waals surface area (Å²) in [6, 6.07) is 0. The van der Waals surface area contributed by atoms with E-state index in [4.69, 9.17) is 0 Å². The van der Waals surface area contributed by atoms with Crippen LogP contribution in [0.1, 0.15) is 13.8 Å². The SMILES string of the molecule is CC[N+](C)(CC)CC[NH3+]. The molecule has 0 rings (SSSR count). The molecule has 2 heteroatoms. The predicted octanol–water partition coefficient (Wildman–Crippen LogP) is -0.285. The molecule has 0 bridgehead atoms. The summed E-state index contributed by atoms with van der Waals surface area (Å²) in [5, 5.41) is 0. The third-order valence-electron chi connectivity index (χ3n) is 2.22. The lowest BCUT2D eigenvalue weighted by Crippen LogP contribution is -2.59. The van der Waals surface area contributed by atoms with Crippen LogP contribution in [0.3, 0.4) is 0 Å². The number of hydrogen-bond donors (Lipinski definition) is 1. The van der Waals surface area contributed by atoms with Crippen molar-refractivity contribution in [2.75, 3.05) is 33.2 Å². The van der Waals surface area contributed by atoms with Crippen molar-refractivity contribution in [3.8, 4) is 0 Å². The number of likely N-dealkylation sites (N-methyl/N-ethyl adjacent to an activating group) is 1. The van der Waals surface area contributed by atoms with Crippen LogP contribution in [0.4, 0.5) is 0 Å². The van der Waals surface area contributed by atoms with Gasteiger partial charge in [-0.2, -0.15) is 0 Å². The second-order valence-electron chi connectivity index (χ2n) is 2.83. The minimum absolute atomic E-state index is 1.05. The van der Waals surface area contributed by atoms with E-state index in [1.54, 1.807) is 0 Å². The summed E-state index contributed by atoms with van der Waals surface area (Å²) < 4.78 is 1.17. The summed E-state index contributed by atoms with van der Waals surface area (Å²) >= 11 is 0. The molecule has 0 atom stereocenters. The van der Waals surface area contributed by atoms with Gasteiger partial charge in [0.15, 0.2) is 0 Å². The van der Waals surface area contributed by atoms with E-state index in [0.717, 1.165) is 6.54 Å². The Morgan fingerprint density at radius 3 is 1.78 bits per heavy atom. The van der Waals surface area contributed by atoms with Gasteiger partial charge in [-0.25, -0.2) is 0 Å². The summed E-state index contributed by atoms with van der Waals surface area (Å²) in [5.74, 6) is 0. The molecule has 0 aromatic carbocycles. The van der Waals surface area contributed by atoms with E-state index in [-0.39, 0.29) is 0 Å². The molecule has 0 aliphatic heterocycles. The molecule has 0 spiro atoms. The Labute approximate surface area is 58.2 Å². The van der Waals surface area contributed by atoms with Gasteiger partial charge in [0.25, 0.3) is 0 Å². The molecule has 0 aliphatic carbocycles. The lowest BCUT2D eigenvalue weighted by atomic mass is 10.4. The van der Waals surface area contributed by atoms with Crippen molar-refractivity contribution in [1.82, 2.24) is 0 Å². The van der Waals surface area contributed by atoms with Gasteiger partial charge in [0.1, 0.15) is 13.1 Å². The Morgan fingerprint density at radius 1 is 1.22 bits per heavy atom. The van der Waals surface area contributed by atoms with Crippen LogP contribution in [-0.4, -0.2) is 37.7 Å². The number of quaternary nitrogens is 2. The average Bonchev–Trinajstić information content (AvgIpc) is 1.89. The average molecular weight is 132 g/mol. The molecule has 0 aromatic rings. The van der Waals surface area contributed by atoms with E-state index in [1.165, 1.54) is 24.1 Å². The zero-order valence-electron chi connectivity index (χ0n) is 6.98. The second-order valence-corrected chi connectivity index (χ2v) is 2.83. The van der Waals surface area contributed by atoms with Crippen LogP contribution >= 0.6 is 0 Å². The van der Waals surface area contributed by atoms with Gasteiger partial charge < -0.3 is 10.2 Å². The van der Waals surface area contributed by atoms with Crippen molar-refractivity contribution in [2.24, 2.45) is 0 Å². The van der Waals surface area contributed by atoms with E-state index in [9.17, 15) is 0 Å². The summed E-state index contributed by atoms with van der Waals surface area (Å²) in [6.07, 6.45) is 0. The smallest absolute Gasteiger partial charge is 0.128 e. The lowest BCUT2D eigenvalue weighted by Gasteiger charge is -2.30. The van der Waals surface area contributed by atoms with Crippen LogP contribution in [0.15, 0.2) is 0 Å². The number of nitrogens with zero attached hydrogens (tertiary/aromatic N) is 1. The highest BCUT2D eigenvalue weighted by atomic mass is 15.3. The normalized spacial score (nSPS) is 12.0. The highest BCUT2D eigenvalue weighted by Crippen LogP contribution is 1.97. The first-order valence-electron chi connectivity index (χ1n) is 3.81. The second kappa shape index (κ2) is 3.85. The van der Waals surface area contributed by atoms with Crippen molar-refractivity contribution in [2.45, 2.75) is 13.8 Å². The summed E-state index contributed by atoms with van der Waals surface area (Å²) in [7, 11) is 2.28. The van der Waals surface area contributed by atoms with Crippen LogP contribution in [0.5, 0.6) is 0 Å². The summed E-state index contributed by atoms with van der Waals surface area (Å²) in [5.41, 5.74) is 3.85. The minimum Gasteiger partial charge on any atom is -0.353 e. The van der Waals surface area contributed by atoms with E-state index in [1.807, 2.05) is 0 Å². The molecule has 3 N–H and O–H groups in total. The van der Waals surface area contributed by atoms with Gasteiger partial charge in [-0.15, -0.1) is 0 Å². The van der Waals surface area contributed by atoms with Gasteiger partial charge in [0, 0.05) is 0 Å². The Hall–Kier alpha value is -0.0800. The van der Waals surface area contributed by atoms with Crippen molar-refractivity contribution in [3.63, 3.8) is 0 Å². The van der Waals surface area contributed by atoms with E-state index < -0.39 is 0 Å². The van der Waals surface area contributed by atoms with Gasteiger partial charge in [-0.1, -0.05) is 0 Å². The molecule has 0 amide bonds. The number of rotatable bonds is 4. The molecule has 9 heavy (non-hydrogen) atoms. The molecule has 2 nitrogen and oxygen atoms in total. The van der Waals surface area contributed by atoms with Crippen LogP contribution in [0.2, 0.25) is 0 Å². The van der Waals surface area contributed by atoms with Crippen LogP contribution in [0, 0.1) is 0 Å². The van der Waals surface area contributed by atoms with E-state index in [0.29, 0.717) is 0 Å². The molecule has 0 unspecified atom stereocenters. The molecule has 0 saturated carbocycles. The zero-order valence-corrected chi connectivity index (χ0v) is 6.98. The van der Waals surface area contributed by atoms with Crippen LogP contribution in [-0.2, 0) is 0 Å². The molecule has 0 fully saturated rings. The third kappa shape index (κ3) is 2.82. The highest BCUT2D eigenvalue weighted by Gasteiger charge is 2.14. The molecule has 56 valence electrons. The molecular weight excluding hydrogens is 112 g/mol. The monoisotopic (exact) mass is 132 g/mol. The Balaban J connectivity index is 3.62. The van der Waals surface area contributed by atoms with Gasteiger partial charge in [-0.3, -0.25) is 0 Å². The molecular formula is C7H20N2+2. The number of hydrogen-bond acceptors (Lipinski definition) is 0. The quantitative estimate of drug-likeness (QED) is 0.509. The fourth-order valence-electron chi connectivity index (χ4n) is 0.922. The van der Waals surface area contributed by atoms with Gasteiger partial charge in [-0.05, 0) is 13.8 Å². The molecule has 0 heterocycles. The maximum atomic E-state index is 3.85. The maximum absolute atomic E-state index is 3.85. The first-order chi connectivity index (χ1) is 4.18. The van der Waals surface area contributed by atoms with E-state index in [2.05, 4.69) is 26.6 Å². The minimum atomic E-state index is 1.05. The van der Waals surface area contributed by atoms with Gasteiger partial charge in [0.05, 0.1) is 20.1 Å². The van der Waals surface area contributed by atoms with Crippen molar-refractivity contribution < 1.29 is 10.2 Å². The fourth-order valence-corrected chi connectivity index (χ4v) is 0.922. The van der Waals surface area contributed by atoms with Crippen molar-refractivity contribution in [3.05, 3.63) is 0 Å². The van der Waals surface area contributed by atoms with Gasteiger partial charge in [0.2, 0.25) is 0 Å². The molecule has 0 aromatic heterocycles. The van der Waals surface area contributed by atoms with Crippen molar-refractivity contribution in [1.29, 1.82) is 0 Å². The lowest BCUT2D eigenvalue weighted by molar-refractivity contribution is -0.910. The Morgan fingerprint density at radius 2 is 1.67 bits per heavy atom. The molecule has 0 aliphatic rings. The maximum Gasteiger partial charge on any atom is 0.128 e. The topological polar surface area (TPSA) is 27.6 Å². The summed E-state index contributed by atoms with van der Waals surface area (Å²) in [4.78, 5) is 0. The van der Waals surface area contributed by atoms with E-state index >= 15 is 0 Å². The summed E-state index contributed by atoms with van der Waals surface area (Å²) in [6.45, 7) is 9.20. The first kappa shape index (κ1) is 8.92. The molecule has 0 radical (unpaired) electrons. The largest absolute Gasteiger partial charge is 0.353 e. The zero-order chi connectivity index (χ0) is 7.33. The standard InChI is InChI=1S/C7H19N2/c1-4-9(3,5-2)7-6-8/h4-8H2,1-3H3/q+1/p+1. The van der Waals surface area contributed by atoms with Crippen LogP contribution < -0.4 is 5.73 Å². The predicted molar refractivity (Wildman–Crippen MR) is 39.9 cm³/mol. The fraction of sp³-hybridized carbons (Fsp3) is 1.00. The highest BCUT2D eigenvalue weighted by molar-refractivity contribution is 4.29. The van der Waals surface area contributed by atoms with Crippen molar-refractivity contribution >= 4 is 0 Å². The third-order valence-corrected chi connectivity index (χ3v) is 2.22. The Kier molecular flexibility index (Phi) is 3.82. The molecule has 0 saturated heterocycles. The Bertz CT molecular complexity index is 67.3. The first-order valence-corrected chi connectivity index (χ1v) is 3.81. The van der Waals surface area contributed by atoms with Gasteiger partial charge >= 0.3 is 0 Å². The van der Waals surface area contributed by atoms with Crippen LogP contribution in [0.25, 0.3) is 0 Å².